The van der Waals surface area contributed by atoms with Crippen LogP contribution >= 0.6 is 0 Å². The number of hydrogen-bond donors (Lipinski definition) is 0. The third-order valence-corrected chi connectivity index (χ3v) is 2.60. The van der Waals surface area contributed by atoms with E-state index in [0.29, 0.717) is 12.2 Å². The molecule has 1 fully saturated rings. The van der Waals surface area contributed by atoms with Gasteiger partial charge in [0.05, 0.1) is 0 Å². The van der Waals surface area contributed by atoms with E-state index in [-0.39, 0.29) is 17.7 Å². The van der Waals surface area contributed by atoms with Crippen molar-refractivity contribution in [1.82, 2.24) is 0 Å². The van der Waals surface area contributed by atoms with Gasteiger partial charge in [0.1, 0.15) is 11.9 Å². The molecule has 0 spiro atoms. The van der Waals surface area contributed by atoms with Gasteiger partial charge in [0, 0.05) is 12.2 Å². The van der Waals surface area contributed by atoms with Gasteiger partial charge in [0.2, 0.25) is 0 Å². The Balaban J connectivity index is 2.09. The van der Waals surface area contributed by atoms with Gasteiger partial charge in [0.25, 0.3) is 0 Å². The Labute approximate surface area is 88.1 Å². The average molecular weight is 208 g/mol. The molecule has 0 N–H and O–H groups in total. The van der Waals surface area contributed by atoms with E-state index in [1.807, 2.05) is 0 Å². The first-order valence-electron chi connectivity index (χ1n) is 5.19. The molecule has 15 heavy (non-hydrogen) atoms. The third-order valence-electron chi connectivity index (χ3n) is 2.60. The fourth-order valence-electron chi connectivity index (χ4n) is 1.75. The summed E-state index contributed by atoms with van der Waals surface area (Å²) in [7, 11) is 0. The molecule has 1 saturated heterocycles. The molecule has 2 rings (SSSR count). The minimum atomic E-state index is -0.329. The van der Waals surface area contributed by atoms with Crippen molar-refractivity contribution < 1.29 is 13.9 Å². The Hall–Kier alpha value is -1.22. The van der Waals surface area contributed by atoms with Gasteiger partial charge in [0.15, 0.2) is 5.78 Å². The van der Waals surface area contributed by atoms with Gasteiger partial charge in [-0.05, 0) is 43.5 Å². The summed E-state index contributed by atoms with van der Waals surface area (Å²) in [5.41, 5.74) is 0.531. The molecule has 1 aliphatic rings. The van der Waals surface area contributed by atoms with Crippen LogP contribution in [0.3, 0.4) is 0 Å². The minimum absolute atomic E-state index is 0.0327. The van der Waals surface area contributed by atoms with Crippen molar-refractivity contribution in [3.05, 3.63) is 35.6 Å². The van der Waals surface area contributed by atoms with E-state index in [2.05, 4.69) is 0 Å². The van der Waals surface area contributed by atoms with Crippen molar-refractivity contribution in [2.75, 3.05) is 6.61 Å². The van der Waals surface area contributed by atoms with E-state index in [4.69, 9.17) is 4.74 Å². The highest BCUT2D eigenvalue weighted by atomic mass is 19.1. The summed E-state index contributed by atoms with van der Waals surface area (Å²) >= 11 is 0. The van der Waals surface area contributed by atoms with Gasteiger partial charge in [-0.2, -0.15) is 0 Å². The van der Waals surface area contributed by atoms with E-state index in [9.17, 15) is 9.18 Å². The van der Waals surface area contributed by atoms with Crippen molar-refractivity contribution in [3.63, 3.8) is 0 Å². The molecule has 1 aliphatic heterocycles. The molecule has 0 amide bonds. The van der Waals surface area contributed by atoms with Crippen LogP contribution in [-0.2, 0) is 4.74 Å². The molecule has 80 valence electrons. The smallest absolute Gasteiger partial charge is 0.191 e. The van der Waals surface area contributed by atoms with E-state index in [0.717, 1.165) is 19.3 Å². The molecule has 0 aromatic heterocycles. The van der Waals surface area contributed by atoms with Crippen molar-refractivity contribution in [2.45, 2.75) is 25.4 Å². The summed E-state index contributed by atoms with van der Waals surface area (Å²) < 4.78 is 18.0. The Bertz CT molecular complexity index is 339. The maximum atomic E-state index is 12.6. The van der Waals surface area contributed by atoms with Gasteiger partial charge in [-0.15, -0.1) is 0 Å². The first-order valence-corrected chi connectivity index (χ1v) is 5.19. The quantitative estimate of drug-likeness (QED) is 0.698. The lowest BCUT2D eigenvalue weighted by Gasteiger charge is -2.21. The maximum absolute atomic E-state index is 12.6. The molecule has 0 saturated carbocycles. The van der Waals surface area contributed by atoms with Crippen LogP contribution in [0.2, 0.25) is 0 Å². The van der Waals surface area contributed by atoms with Crippen LogP contribution in [0.5, 0.6) is 0 Å². The van der Waals surface area contributed by atoms with Crippen LogP contribution < -0.4 is 0 Å². The number of Topliss-reactive ketones (excluding diaryl/α,β-unsaturated/α-hetero) is 1. The van der Waals surface area contributed by atoms with Gasteiger partial charge in [-0.3, -0.25) is 4.79 Å². The average Bonchev–Trinajstić information content (AvgIpc) is 2.30. The van der Waals surface area contributed by atoms with Crippen molar-refractivity contribution in [1.29, 1.82) is 0 Å². The van der Waals surface area contributed by atoms with E-state index in [1.165, 1.54) is 24.3 Å². The van der Waals surface area contributed by atoms with Crippen molar-refractivity contribution in [3.8, 4) is 0 Å². The Morgan fingerprint density at radius 3 is 2.60 bits per heavy atom. The number of carbonyl (C=O) groups is 1. The van der Waals surface area contributed by atoms with Gasteiger partial charge in [-0.25, -0.2) is 4.39 Å². The monoisotopic (exact) mass is 208 g/mol. The highest BCUT2D eigenvalue weighted by molar-refractivity contribution is 5.99. The molecule has 1 aromatic carbocycles. The molecule has 0 bridgehead atoms. The van der Waals surface area contributed by atoms with Crippen LogP contribution in [0.1, 0.15) is 29.6 Å². The molecule has 1 unspecified atom stereocenters. The number of rotatable bonds is 2. The summed E-state index contributed by atoms with van der Waals surface area (Å²) in [4.78, 5) is 11.9. The van der Waals surface area contributed by atoms with Gasteiger partial charge >= 0.3 is 0 Å². The standard InChI is InChI=1S/C12H13FO2/c13-10-6-4-9(5-7-10)12(14)11-3-1-2-8-15-11/h4-7,11H,1-3,8H2. The zero-order valence-electron chi connectivity index (χ0n) is 8.41. The molecule has 2 nitrogen and oxygen atoms in total. The number of ether oxygens (including phenoxy) is 1. The van der Waals surface area contributed by atoms with Crippen molar-refractivity contribution in [2.24, 2.45) is 0 Å². The molecule has 3 heteroatoms. The predicted molar refractivity (Wildman–Crippen MR) is 54.3 cm³/mol. The minimum Gasteiger partial charge on any atom is -0.370 e. The van der Waals surface area contributed by atoms with Gasteiger partial charge < -0.3 is 4.74 Å². The van der Waals surface area contributed by atoms with Crippen molar-refractivity contribution >= 4 is 5.78 Å². The van der Waals surface area contributed by atoms with Crippen LogP contribution in [0.4, 0.5) is 4.39 Å². The van der Waals surface area contributed by atoms with Crippen LogP contribution in [0.25, 0.3) is 0 Å². The molecule has 1 aromatic rings. The first kappa shape index (κ1) is 10.3. The molecule has 0 aliphatic carbocycles. The third kappa shape index (κ3) is 2.42. The fourth-order valence-corrected chi connectivity index (χ4v) is 1.75. The zero-order valence-corrected chi connectivity index (χ0v) is 8.41. The number of carbonyl (C=O) groups excluding carboxylic acids is 1. The molecular formula is C12H13FO2. The molecule has 0 radical (unpaired) electrons. The Morgan fingerprint density at radius 1 is 1.27 bits per heavy atom. The number of halogens is 1. The molecule has 1 heterocycles. The number of ketones is 1. The van der Waals surface area contributed by atoms with E-state index < -0.39 is 0 Å². The van der Waals surface area contributed by atoms with Crippen LogP contribution in [0.15, 0.2) is 24.3 Å². The largest absolute Gasteiger partial charge is 0.370 e. The lowest BCUT2D eigenvalue weighted by atomic mass is 10.00. The summed E-state index contributed by atoms with van der Waals surface area (Å²) in [5, 5.41) is 0. The summed E-state index contributed by atoms with van der Waals surface area (Å²) in [5.74, 6) is -0.356. The topological polar surface area (TPSA) is 26.3 Å². The number of hydrogen-bond acceptors (Lipinski definition) is 2. The predicted octanol–water partition coefficient (Wildman–Crippen LogP) is 2.58. The fraction of sp³-hybridized carbons (Fsp3) is 0.417. The summed E-state index contributed by atoms with van der Waals surface area (Å²) in [6, 6.07) is 5.62. The molecular weight excluding hydrogens is 195 g/mol. The van der Waals surface area contributed by atoms with Gasteiger partial charge in [-0.1, -0.05) is 0 Å². The maximum Gasteiger partial charge on any atom is 0.191 e. The first-order chi connectivity index (χ1) is 7.27. The Kier molecular flexibility index (Phi) is 3.11. The van der Waals surface area contributed by atoms with E-state index >= 15 is 0 Å². The SMILES string of the molecule is O=C(c1ccc(F)cc1)C1CCCCO1. The highest BCUT2D eigenvalue weighted by Crippen LogP contribution is 2.17. The second-order valence-electron chi connectivity index (χ2n) is 3.73. The summed E-state index contributed by atoms with van der Waals surface area (Å²) in [6.07, 6.45) is 2.49. The highest BCUT2D eigenvalue weighted by Gasteiger charge is 2.22. The lowest BCUT2D eigenvalue weighted by Crippen LogP contribution is -2.28. The van der Waals surface area contributed by atoms with E-state index in [1.54, 1.807) is 0 Å². The second kappa shape index (κ2) is 4.53. The summed E-state index contributed by atoms with van der Waals surface area (Å²) in [6.45, 7) is 0.650. The van der Waals surface area contributed by atoms with Crippen LogP contribution in [0, 0.1) is 5.82 Å². The number of benzene rings is 1. The Morgan fingerprint density at radius 2 is 2.00 bits per heavy atom. The molecule has 1 atom stereocenters. The van der Waals surface area contributed by atoms with Crippen LogP contribution in [-0.4, -0.2) is 18.5 Å². The lowest BCUT2D eigenvalue weighted by molar-refractivity contribution is 0.0186. The second-order valence-corrected chi connectivity index (χ2v) is 3.73. The normalized spacial score (nSPS) is 21.3. The zero-order chi connectivity index (χ0) is 10.7.